The zero-order chi connectivity index (χ0) is 22.9. The van der Waals surface area contributed by atoms with Gasteiger partial charge in [-0.25, -0.2) is 9.07 Å². The summed E-state index contributed by atoms with van der Waals surface area (Å²) in [5.41, 5.74) is 4.29. The molecule has 0 saturated heterocycles. The Morgan fingerprint density at radius 3 is 2.53 bits per heavy atom. The van der Waals surface area contributed by atoms with Crippen LogP contribution in [0.1, 0.15) is 50.4 Å². The maximum Gasteiger partial charge on any atom is 0.129 e. The summed E-state index contributed by atoms with van der Waals surface area (Å²) in [4.78, 5) is 0. The first-order chi connectivity index (χ1) is 15.3. The van der Waals surface area contributed by atoms with Crippen molar-refractivity contribution >= 4 is 5.57 Å². The molecule has 1 heterocycles. The Morgan fingerprint density at radius 2 is 1.94 bits per heavy atom. The lowest BCUT2D eigenvalue weighted by molar-refractivity contribution is 0.0517. The molecule has 0 bridgehead atoms. The highest BCUT2D eigenvalue weighted by Crippen LogP contribution is 2.36. The fourth-order valence-corrected chi connectivity index (χ4v) is 4.19. The topological polar surface area (TPSA) is 58.3 Å². The lowest BCUT2D eigenvalue weighted by Gasteiger charge is -2.18. The highest BCUT2D eigenvalue weighted by molar-refractivity contribution is 5.69. The van der Waals surface area contributed by atoms with Gasteiger partial charge in [-0.15, -0.1) is 0 Å². The third-order valence-electron chi connectivity index (χ3n) is 6.08. The highest BCUT2D eigenvalue weighted by Gasteiger charge is 2.36. The molecular formula is C27H29FN2O2. The fraction of sp³-hybridized carbons (Fsp3) is 0.296. The molecule has 4 nitrogen and oxygen atoms in total. The van der Waals surface area contributed by atoms with Crippen molar-refractivity contribution in [2.45, 2.75) is 51.7 Å². The molecule has 5 heteroatoms. The Balaban J connectivity index is 1.82. The molecule has 0 saturated carbocycles. The average Bonchev–Trinajstić information content (AvgIpc) is 3.38. The second kappa shape index (κ2) is 8.85. The van der Waals surface area contributed by atoms with E-state index in [1.54, 1.807) is 22.9 Å². The van der Waals surface area contributed by atoms with Gasteiger partial charge >= 0.3 is 0 Å². The molecule has 2 atom stereocenters. The van der Waals surface area contributed by atoms with Crippen molar-refractivity contribution in [1.82, 2.24) is 9.78 Å². The largest absolute Gasteiger partial charge is 0.389 e. The second-order valence-corrected chi connectivity index (χ2v) is 8.38. The lowest BCUT2D eigenvalue weighted by Crippen LogP contribution is -2.23. The van der Waals surface area contributed by atoms with E-state index in [-0.39, 0.29) is 12.2 Å². The fourth-order valence-electron chi connectivity index (χ4n) is 4.19. The molecule has 0 radical (unpaired) electrons. The Labute approximate surface area is 188 Å². The number of rotatable bonds is 6. The van der Waals surface area contributed by atoms with Gasteiger partial charge in [-0.2, -0.15) is 5.10 Å². The maximum absolute atomic E-state index is 14.6. The summed E-state index contributed by atoms with van der Waals surface area (Å²) in [6.45, 7) is 6.12. The predicted octanol–water partition coefficient (Wildman–Crippen LogP) is 5.56. The number of aromatic nitrogens is 2. The Bertz CT molecular complexity index is 1180. The minimum Gasteiger partial charge on any atom is -0.389 e. The van der Waals surface area contributed by atoms with Crippen molar-refractivity contribution in [3.05, 3.63) is 89.4 Å². The molecule has 0 spiro atoms. The molecule has 166 valence electrons. The van der Waals surface area contributed by atoms with E-state index in [4.69, 9.17) is 0 Å². The number of hydrogen-bond donors (Lipinski definition) is 2. The molecule has 32 heavy (non-hydrogen) atoms. The van der Waals surface area contributed by atoms with Gasteiger partial charge in [-0.05, 0) is 60.7 Å². The summed E-state index contributed by atoms with van der Waals surface area (Å²) in [6, 6.07) is 15.0. The molecular weight excluding hydrogens is 403 g/mol. The van der Waals surface area contributed by atoms with E-state index in [0.717, 1.165) is 23.2 Å². The third kappa shape index (κ3) is 4.18. The van der Waals surface area contributed by atoms with Crippen molar-refractivity contribution in [3.8, 4) is 16.9 Å². The Hall–Kier alpha value is -3.02. The molecule has 0 amide bonds. The van der Waals surface area contributed by atoms with Crippen LogP contribution in [0.2, 0.25) is 0 Å². The van der Waals surface area contributed by atoms with Gasteiger partial charge < -0.3 is 10.2 Å². The van der Waals surface area contributed by atoms with Gasteiger partial charge in [0.25, 0.3) is 0 Å². The van der Waals surface area contributed by atoms with Gasteiger partial charge in [0, 0.05) is 12.0 Å². The number of nitrogens with zero attached hydrogens (tertiary/aromatic N) is 2. The first-order valence-corrected chi connectivity index (χ1v) is 11.1. The molecule has 4 rings (SSSR count). The summed E-state index contributed by atoms with van der Waals surface area (Å²) in [5.74, 6) is -0.279. The zero-order valence-electron chi connectivity index (χ0n) is 18.7. The molecule has 2 N–H and O–H groups in total. The SMILES string of the molecule is CC/C=C(\C)c1ccc(-c2cc(C3(O)C=CC(O)C3)nn2-c2ccc(CC)c(F)c2)cc1. The van der Waals surface area contributed by atoms with E-state index in [0.29, 0.717) is 23.4 Å². The Kier molecular flexibility index (Phi) is 6.13. The number of aryl methyl sites for hydroxylation is 1. The van der Waals surface area contributed by atoms with E-state index in [1.807, 2.05) is 31.2 Å². The summed E-state index contributed by atoms with van der Waals surface area (Å²) < 4.78 is 16.2. The van der Waals surface area contributed by atoms with Crippen molar-refractivity contribution < 1.29 is 14.6 Å². The van der Waals surface area contributed by atoms with Gasteiger partial charge in [-0.1, -0.05) is 56.3 Å². The van der Waals surface area contributed by atoms with Crippen LogP contribution in [0.15, 0.2) is 66.8 Å². The second-order valence-electron chi connectivity index (χ2n) is 8.38. The van der Waals surface area contributed by atoms with Gasteiger partial charge in [0.1, 0.15) is 11.4 Å². The predicted molar refractivity (Wildman–Crippen MR) is 126 cm³/mol. The number of halogens is 1. The monoisotopic (exact) mass is 432 g/mol. The summed E-state index contributed by atoms with van der Waals surface area (Å²) in [5, 5.41) is 25.6. The van der Waals surface area contributed by atoms with Crippen LogP contribution in [0.3, 0.4) is 0 Å². The van der Waals surface area contributed by atoms with Gasteiger partial charge in [-0.3, -0.25) is 0 Å². The molecule has 0 fully saturated rings. The van der Waals surface area contributed by atoms with Crippen LogP contribution in [0.4, 0.5) is 4.39 Å². The van der Waals surface area contributed by atoms with Crippen LogP contribution in [0, 0.1) is 5.82 Å². The average molecular weight is 433 g/mol. The maximum atomic E-state index is 14.6. The summed E-state index contributed by atoms with van der Waals surface area (Å²) in [6.07, 6.45) is 6.35. The molecule has 1 aliphatic rings. The molecule has 2 aromatic carbocycles. The van der Waals surface area contributed by atoms with Crippen molar-refractivity contribution in [3.63, 3.8) is 0 Å². The molecule has 1 aromatic heterocycles. The first-order valence-electron chi connectivity index (χ1n) is 11.1. The minimum atomic E-state index is -1.36. The van der Waals surface area contributed by atoms with E-state index in [9.17, 15) is 14.6 Å². The van der Waals surface area contributed by atoms with E-state index in [1.165, 1.54) is 11.6 Å². The van der Waals surface area contributed by atoms with Crippen LogP contribution >= 0.6 is 0 Å². The third-order valence-corrected chi connectivity index (χ3v) is 6.08. The van der Waals surface area contributed by atoms with E-state index < -0.39 is 11.7 Å². The zero-order valence-corrected chi connectivity index (χ0v) is 18.7. The first kappa shape index (κ1) is 22.2. The van der Waals surface area contributed by atoms with Crippen molar-refractivity contribution in [2.24, 2.45) is 0 Å². The summed E-state index contributed by atoms with van der Waals surface area (Å²) in [7, 11) is 0. The molecule has 0 aliphatic heterocycles. The number of aliphatic hydroxyl groups is 2. The van der Waals surface area contributed by atoms with Gasteiger partial charge in [0.2, 0.25) is 0 Å². The standard InChI is InChI=1S/C27H29FN2O2/c1-4-6-18(3)20-7-9-21(10-8-20)25-16-26(27(32)14-13-23(31)17-27)29-30(25)22-12-11-19(5-2)24(28)15-22/h6-16,23,31-32H,4-5,17H2,1-3H3/b18-6+. The van der Waals surface area contributed by atoms with E-state index >= 15 is 0 Å². The van der Waals surface area contributed by atoms with Gasteiger partial charge in [0.05, 0.1) is 23.2 Å². The van der Waals surface area contributed by atoms with Crippen LogP contribution in [0.5, 0.6) is 0 Å². The number of allylic oxidation sites excluding steroid dienone is 2. The lowest BCUT2D eigenvalue weighted by atomic mass is 9.97. The van der Waals surface area contributed by atoms with Crippen LogP contribution < -0.4 is 0 Å². The van der Waals surface area contributed by atoms with Crippen LogP contribution in [-0.4, -0.2) is 26.1 Å². The Morgan fingerprint density at radius 1 is 1.19 bits per heavy atom. The van der Waals surface area contributed by atoms with E-state index in [2.05, 4.69) is 37.2 Å². The molecule has 1 aliphatic carbocycles. The molecule has 3 aromatic rings. The van der Waals surface area contributed by atoms with Crippen LogP contribution in [0.25, 0.3) is 22.5 Å². The summed E-state index contributed by atoms with van der Waals surface area (Å²) >= 11 is 0. The van der Waals surface area contributed by atoms with Crippen LogP contribution in [-0.2, 0) is 12.0 Å². The normalized spacial score (nSPS) is 20.8. The number of hydrogen-bond acceptors (Lipinski definition) is 3. The highest BCUT2D eigenvalue weighted by atomic mass is 19.1. The number of benzene rings is 2. The number of aliphatic hydroxyl groups excluding tert-OH is 1. The quantitative estimate of drug-likeness (QED) is 0.501. The minimum absolute atomic E-state index is 0.145. The molecule has 2 unspecified atom stereocenters. The van der Waals surface area contributed by atoms with Crippen molar-refractivity contribution in [1.29, 1.82) is 0 Å². The van der Waals surface area contributed by atoms with Gasteiger partial charge in [0.15, 0.2) is 0 Å². The smallest absolute Gasteiger partial charge is 0.129 e. The van der Waals surface area contributed by atoms with Crippen molar-refractivity contribution in [2.75, 3.05) is 0 Å².